The van der Waals surface area contributed by atoms with Crippen molar-refractivity contribution in [2.45, 2.75) is 6.04 Å². The molecule has 1 rings (SSSR count). The lowest BCUT2D eigenvalue weighted by atomic mass is 10.3. The van der Waals surface area contributed by atoms with Gasteiger partial charge in [0.15, 0.2) is 5.11 Å². The zero-order valence-corrected chi connectivity index (χ0v) is 12.7. The molecule has 1 atom stereocenters. The van der Waals surface area contributed by atoms with E-state index in [0.717, 1.165) is 5.69 Å². The summed E-state index contributed by atoms with van der Waals surface area (Å²) in [6.07, 6.45) is 1.90. The lowest BCUT2D eigenvalue weighted by molar-refractivity contribution is -0.122. The zero-order chi connectivity index (χ0) is 14.8. The second-order valence-electron chi connectivity index (χ2n) is 3.85. The van der Waals surface area contributed by atoms with Crippen molar-refractivity contribution in [2.24, 2.45) is 0 Å². The van der Waals surface area contributed by atoms with Gasteiger partial charge in [0.1, 0.15) is 12.6 Å². The summed E-state index contributed by atoms with van der Waals surface area (Å²) < 4.78 is 0. The second-order valence-corrected chi connectivity index (χ2v) is 5.17. The van der Waals surface area contributed by atoms with Crippen LogP contribution < -0.4 is 16.0 Å². The van der Waals surface area contributed by atoms with Gasteiger partial charge in [0.2, 0.25) is 5.91 Å². The predicted molar refractivity (Wildman–Crippen MR) is 86.6 cm³/mol. The number of hydrogen-bond donors (Lipinski definition) is 3. The van der Waals surface area contributed by atoms with Crippen LogP contribution >= 0.6 is 24.0 Å². The predicted octanol–water partition coefficient (Wildman–Crippen LogP) is 1.34. The van der Waals surface area contributed by atoms with Crippen LogP contribution in [0, 0.1) is 11.3 Å². The molecule has 0 saturated carbocycles. The van der Waals surface area contributed by atoms with Gasteiger partial charge in [-0.05, 0) is 30.6 Å². The number of thioether (sulfide) groups is 1. The van der Waals surface area contributed by atoms with Crippen molar-refractivity contribution in [2.75, 3.05) is 23.9 Å². The lowest BCUT2D eigenvalue weighted by Gasteiger charge is -2.19. The summed E-state index contributed by atoms with van der Waals surface area (Å²) in [6.45, 7) is -0.00965. The van der Waals surface area contributed by atoms with Crippen LogP contribution in [-0.2, 0) is 4.79 Å². The maximum atomic E-state index is 11.9. The van der Waals surface area contributed by atoms with Crippen molar-refractivity contribution in [3.8, 4) is 6.07 Å². The van der Waals surface area contributed by atoms with Gasteiger partial charge in [-0.3, -0.25) is 4.79 Å². The van der Waals surface area contributed by atoms with Crippen molar-refractivity contribution >= 4 is 40.7 Å². The van der Waals surface area contributed by atoms with Gasteiger partial charge in [0.05, 0.1) is 6.07 Å². The van der Waals surface area contributed by atoms with Crippen LogP contribution in [0.15, 0.2) is 30.3 Å². The third-order valence-corrected chi connectivity index (χ3v) is 3.22. The first kappa shape index (κ1) is 16.3. The average molecular weight is 308 g/mol. The average Bonchev–Trinajstić information content (AvgIpc) is 2.45. The van der Waals surface area contributed by atoms with E-state index in [1.54, 1.807) is 0 Å². The van der Waals surface area contributed by atoms with Crippen LogP contribution in [0.25, 0.3) is 0 Å². The Bertz CT molecular complexity index is 487. The van der Waals surface area contributed by atoms with E-state index in [9.17, 15) is 4.79 Å². The molecular weight excluding hydrogens is 292 g/mol. The largest absolute Gasteiger partial charge is 0.350 e. The number of benzene rings is 1. The van der Waals surface area contributed by atoms with E-state index in [1.807, 2.05) is 42.7 Å². The minimum atomic E-state index is -0.470. The Morgan fingerprint density at radius 1 is 1.45 bits per heavy atom. The van der Waals surface area contributed by atoms with Crippen LogP contribution in [0.3, 0.4) is 0 Å². The number of nitriles is 1. The first-order valence-corrected chi connectivity index (χ1v) is 7.73. The standard InChI is InChI=1S/C13H16N4OS2/c1-20-9-11(12(18)15-8-7-14)17-13(19)16-10-5-3-2-4-6-10/h2-6,11H,8-9H2,1H3,(H,15,18)(H2,16,17,19). The number of nitrogens with zero attached hydrogens (tertiary/aromatic N) is 1. The molecule has 1 unspecified atom stereocenters. The Kier molecular flexibility index (Phi) is 7.47. The highest BCUT2D eigenvalue weighted by molar-refractivity contribution is 7.98. The van der Waals surface area contributed by atoms with Gasteiger partial charge >= 0.3 is 0 Å². The van der Waals surface area contributed by atoms with Crippen LogP contribution in [0.4, 0.5) is 5.69 Å². The number of hydrogen-bond acceptors (Lipinski definition) is 4. The molecule has 0 saturated heterocycles. The first-order valence-electron chi connectivity index (χ1n) is 5.93. The highest BCUT2D eigenvalue weighted by atomic mass is 32.2. The number of nitrogens with one attached hydrogen (secondary N) is 3. The van der Waals surface area contributed by atoms with Crippen LogP contribution in [0.2, 0.25) is 0 Å². The quantitative estimate of drug-likeness (QED) is 0.544. The molecule has 0 spiro atoms. The molecule has 3 N–H and O–H groups in total. The summed E-state index contributed by atoms with van der Waals surface area (Å²) in [5, 5.41) is 17.3. The molecule has 106 valence electrons. The summed E-state index contributed by atoms with van der Waals surface area (Å²) >= 11 is 6.71. The van der Waals surface area contributed by atoms with E-state index >= 15 is 0 Å². The molecule has 20 heavy (non-hydrogen) atoms. The maximum Gasteiger partial charge on any atom is 0.244 e. The van der Waals surface area contributed by atoms with Crippen LogP contribution in [0.5, 0.6) is 0 Å². The number of anilines is 1. The number of carbonyl (C=O) groups is 1. The van der Waals surface area contributed by atoms with E-state index in [1.165, 1.54) is 11.8 Å². The summed E-state index contributed by atoms with van der Waals surface area (Å²) in [7, 11) is 0. The fraction of sp³-hybridized carbons (Fsp3) is 0.308. The lowest BCUT2D eigenvalue weighted by Crippen LogP contribution is -2.49. The fourth-order valence-electron chi connectivity index (χ4n) is 1.45. The minimum Gasteiger partial charge on any atom is -0.350 e. The van der Waals surface area contributed by atoms with Gasteiger partial charge in [-0.2, -0.15) is 17.0 Å². The number of rotatable bonds is 6. The number of thiocarbonyl (C=S) groups is 1. The highest BCUT2D eigenvalue weighted by Crippen LogP contribution is 2.05. The van der Waals surface area contributed by atoms with E-state index in [2.05, 4.69) is 16.0 Å². The number of para-hydroxylation sites is 1. The normalized spacial score (nSPS) is 11.0. The van der Waals surface area contributed by atoms with Crippen molar-refractivity contribution in [3.63, 3.8) is 0 Å². The minimum absolute atomic E-state index is 0.00965. The van der Waals surface area contributed by atoms with E-state index in [-0.39, 0.29) is 12.5 Å². The summed E-state index contributed by atoms with van der Waals surface area (Å²) in [6, 6.07) is 10.9. The molecule has 1 aromatic rings. The molecule has 0 aromatic heterocycles. The highest BCUT2D eigenvalue weighted by Gasteiger charge is 2.18. The van der Waals surface area contributed by atoms with Crippen LogP contribution in [0.1, 0.15) is 0 Å². The Morgan fingerprint density at radius 3 is 2.75 bits per heavy atom. The van der Waals surface area contributed by atoms with Gasteiger partial charge in [-0.1, -0.05) is 18.2 Å². The third-order valence-electron chi connectivity index (χ3n) is 2.33. The van der Waals surface area contributed by atoms with Crippen molar-refractivity contribution in [1.82, 2.24) is 10.6 Å². The second kappa shape index (κ2) is 9.18. The Hall–Kier alpha value is -1.78. The molecule has 1 aromatic carbocycles. The number of carbonyl (C=O) groups excluding carboxylic acids is 1. The third kappa shape index (κ3) is 5.91. The first-order chi connectivity index (χ1) is 9.67. The fourth-order valence-corrected chi connectivity index (χ4v) is 2.27. The van der Waals surface area contributed by atoms with Gasteiger partial charge in [-0.25, -0.2) is 0 Å². The van der Waals surface area contributed by atoms with Gasteiger partial charge in [0, 0.05) is 11.4 Å². The molecule has 5 nitrogen and oxygen atoms in total. The summed E-state index contributed by atoms with van der Waals surface area (Å²) in [5.41, 5.74) is 0.852. The molecule has 0 aliphatic rings. The Morgan fingerprint density at radius 2 is 2.15 bits per heavy atom. The SMILES string of the molecule is CSCC(NC(=S)Nc1ccccc1)C(=O)NCC#N. The number of amides is 1. The van der Waals surface area contributed by atoms with Gasteiger partial charge in [-0.15, -0.1) is 0 Å². The van der Waals surface area contributed by atoms with Gasteiger partial charge in [0.25, 0.3) is 0 Å². The summed E-state index contributed by atoms with van der Waals surface area (Å²) in [4.78, 5) is 11.9. The Labute approximate surface area is 128 Å². The monoisotopic (exact) mass is 308 g/mol. The molecule has 0 aliphatic carbocycles. The topological polar surface area (TPSA) is 76.9 Å². The van der Waals surface area contributed by atoms with Crippen LogP contribution in [-0.4, -0.2) is 35.6 Å². The van der Waals surface area contributed by atoms with E-state index < -0.39 is 6.04 Å². The smallest absolute Gasteiger partial charge is 0.244 e. The molecule has 0 aliphatic heterocycles. The Balaban J connectivity index is 2.54. The molecule has 7 heteroatoms. The summed E-state index contributed by atoms with van der Waals surface area (Å²) in [5.74, 6) is 0.326. The van der Waals surface area contributed by atoms with E-state index in [4.69, 9.17) is 17.5 Å². The van der Waals surface area contributed by atoms with Crippen molar-refractivity contribution in [3.05, 3.63) is 30.3 Å². The van der Waals surface area contributed by atoms with E-state index in [0.29, 0.717) is 10.9 Å². The van der Waals surface area contributed by atoms with Gasteiger partial charge < -0.3 is 16.0 Å². The maximum absolute atomic E-state index is 11.9. The van der Waals surface area contributed by atoms with Crippen molar-refractivity contribution < 1.29 is 4.79 Å². The zero-order valence-electron chi connectivity index (χ0n) is 11.1. The molecule has 0 heterocycles. The molecule has 0 bridgehead atoms. The molecule has 1 amide bonds. The van der Waals surface area contributed by atoms with Crippen molar-refractivity contribution in [1.29, 1.82) is 5.26 Å². The molecular formula is C13H16N4OS2. The molecule has 0 fully saturated rings. The molecule has 0 radical (unpaired) electrons.